The van der Waals surface area contributed by atoms with Gasteiger partial charge in [0.2, 0.25) is 0 Å². The molecule has 1 atom stereocenters. The predicted octanol–water partition coefficient (Wildman–Crippen LogP) is 3.95. The Kier molecular flexibility index (Phi) is 9.21. The molecule has 1 unspecified atom stereocenters. The summed E-state index contributed by atoms with van der Waals surface area (Å²) in [6.45, 7) is 21.1. The van der Waals surface area contributed by atoms with Crippen LogP contribution in [0.25, 0.3) is 0 Å². The lowest BCUT2D eigenvalue weighted by atomic mass is 9.89. The van der Waals surface area contributed by atoms with Crippen molar-refractivity contribution in [3.63, 3.8) is 0 Å². The molecule has 0 saturated carbocycles. The summed E-state index contributed by atoms with van der Waals surface area (Å²) >= 11 is 0. The van der Waals surface area contributed by atoms with Crippen LogP contribution < -0.4 is 11.1 Å². The average molecular weight is 363 g/mol. The molecule has 0 aromatic heterocycles. The predicted molar refractivity (Wildman–Crippen MR) is 107 cm³/mol. The highest BCUT2D eigenvalue weighted by atomic mass is 28.4. The molecule has 3 N–H and O–H groups in total. The summed E-state index contributed by atoms with van der Waals surface area (Å²) in [7, 11) is -1.70. The van der Waals surface area contributed by atoms with E-state index in [4.69, 9.17) is 14.6 Å². The molecule has 0 aliphatic heterocycles. The van der Waals surface area contributed by atoms with Gasteiger partial charge in [-0.2, -0.15) is 0 Å². The second-order valence-corrected chi connectivity index (χ2v) is 17.2. The van der Waals surface area contributed by atoms with Crippen molar-refractivity contribution in [2.45, 2.75) is 83.4 Å². The van der Waals surface area contributed by atoms with E-state index in [1.54, 1.807) is 0 Å². The third-order valence-electron chi connectivity index (χ3n) is 5.86. The Morgan fingerprint density at radius 3 is 2.04 bits per heavy atom. The maximum atomic E-state index is 6.82. The van der Waals surface area contributed by atoms with E-state index in [-0.39, 0.29) is 10.6 Å². The van der Waals surface area contributed by atoms with Crippen LogP contribution in [0.5, 0.6) is 0 Å². The number of nitrogens with one attached hydrogen (secondary N) is 1. The molecular weight excluding hydrogens is 320 g/mol. The fourth-order valence-corrected chi connectivity index (χ4v) is 9.16. The van der Waals surface area contributed by atoms with Gasteiger partial charge in [0, 0.05) is 25.2 Å². The Labute approximate surface area is 147 Å². The fraction of sp³-hybridized carbons (Fsp3) is 1.00. The summed E-state index contributed by atoms with van der Waals surface area (Å²) in [5.41, 5.74) is 5.34. The lowest BCUT2D eigenvalue weighted by molar-refractivity contribution is 0.0374. The van der Waals surface area contributed by atoms with E-state index in [1.165, 1.54) is 6.04 Å². The number of hydrogen-bond acceptors (Lipinski definition) is 4. The number of hydrogen-bond donors (Lipinski definition) is 2. The lowest BCUT2D eigenvalue weighted by Crippen LogP contribution is -2.58. The first kappa shape index (κ1) is 23.3. The molecule has 0 fully saturated rings. The molecule has 4 nitrogen and oxygen atoms in total. The largest absolute Gasteiger partial charge is 0.420 e. The summed E-state index contributed by atoms with van der Waals surface area (Å²) in [5, 5.41) is 3.45. The lowest BCUT2D eigenvalue weighted by Gasteiger charge is -2.53. The summed E-state index contributed by atoms with van der Waals surface area (Å²) in [6, 6.07) is 1.17. The van der Waals surface area contributed by atoms with Gasteiger partial charge in [0.25, 0.3) is 0 Å². The van der Waals surface area contributed by atoms with Crippen molar-refractivity contribution in [3.8, 4) is 0 Å². The molecule has 0 bridgehead atoms. The highest BCUT2D eigenvalue weighted by molar-refractivity contribution is 6.75. The van der Waals surface area contributed by atoms with Gasteiger partial charge >= 0.3 is 0 Å². The summed E-state index contributed by atoms with van der Waals surface area (Å²) in [6.07, 6.45) is 2.23. The molecule has 0 spiro atoms. The van der Waals surface area contributed by atoms with Crippen LogP contribution in [-0.4, -0.2) is 49.0 Å². The molecule has 6 heteroatoms. The van der Waals surface area contributed by atoms with E-state index in [2.05, 4.69) is 59.2 Å². The van der Waals surface area contributed by atoms with Gasteiger partial charge in [-0.3, -0.25) is 0 Å². The smallest absolute Gasteiger partial charge is 0.194 e. The van der Waals surface area contributed by atoms with Crippen LogP contribution in [0.3, 0.4) is 0 Å². The molecule has 23 heavy (non-hydrogen) atoms. The van der Waals surface area contributed by atoms with Crippen molar-refractivity contribution in [1.82, 2.24) is 5.32 Å². The Morgan fingerprint density at radius 2 is 1.61 bits per heavy atom. The molecule has 0 heterocycles. The van der Waals surface area contributed by atoms with E-state index in [9.17, 15) is 0 Å². The van der Waals surface area contributed by atoms with Crippen LogP contribution >= 0.6 is 0 Å². The Hall–Kier alpha value is 0.274. The van der Waals surface area contributed by atoms with E-state index in [0.29, 0.717) is 6.54 Å². The van der Waals surface area contributed by atoms with Crippen molar-refractivity contribution in [2.24, 2.45) is 5.73 Å². The van der Waals surface area contributed by atoms with Crippen molar-refractivity contribution < 1.29 is 8.85 Å². The quantitative estimate of drug-likeness (QED) is 0.408. The van der Waals surface area contributed by atoms with Gasteiger partial charge in [-0.05, 0) is 65.5 Å². The van der Waals surface area contributed by atoms with Gasteiger partial charge in [0.05, 0.1) is 5.60 Å². The summed E-state index contributed by atoms with van der Waals surface area (Å²) in [4.78, 5) is 0. The first-order valence-corrected chi connectivity index (χ1v) is 15.1. The minimum atomic E-state index is -1.84. The maximum absolute atomic E-state index is 6.82. The number of nitrogens with two attached hydrogens (primary N) is 1. The zero-order chi connectivity index (χ0) is 18.4. The van der Waals surface area contributed by atoms with E-state index >= 15 is 0 Å². The van der Waals surface area contributed by atoms with Crippen LogP contribution in [0.15, 0.2) is 0 Å². The summed E-state index contributed by atoms with van der Waals surface area (Å²) in [5.74, 6) is 0. The molecular formula is C17H42N2O2Si2. The third kappa shape index (κ3) is 6.25. The Bertz CT molecular complexity index is 349. The highest BCUT2D eigenvalue weighted by Crippen LogP contribution is 2.53. The molecule has 0 radical (unpaired) electrons. The topological polar surface area (TPSA) is 56.5 Å². The minimum absolute atomic E-state index is 0.0802. The molecule has 140 valence electrons. The van der Waals surface area contributed by atoms with Crippen molar-refractivity contribution in [3.05, 3.63) is 0 Å². The van der Waals surface area contributed by atoms with Gasteiger partial charge in [-0.15, -0.1) is 0 Å². The average Bonchev–Trinajstić information content (AvgIpc) is 2.44. The van der Waals surface area contributed by atoms with Crippen molar-refractivity contribution >= 4 is 16.6 Å². The van der Waals surface area contributed by atoms with Gasteiger partial charge in [-0.1, -0.05) is 13.8 Å². The summed E-state index contributed by atoms with van der Waals surface area (Å²) < 4.78 is 12.8. The van der Waals surface area contributed by atoms with Gasteiger partial charge in [-0.25, -0.2) is 0 Å². The highest BCUT2D eigenvalue weighted by Gasteiger charge is 2.54. The SMILES string of the molecule is CCC(C)(C(C)(C)O[Si](C)(C)CCCNCCN)[Si](C)(C)OC. The molecule has 0 aliphatic rings. The second kappa shape index (κ2) is 9.10. The minimum Gasteiger partial charge on any atom is -0.420 e. The normalized spacial score (nSPS) is 16.4. The van der Waals surface area contributed by atoms with Gasteiger partial charge in [0.15, 0.2) is 16.6 Å². The standard InChI is InChI=1S/C17H42N2O2Si2/c1-10-17(4,23(8,9)20-5)16(2,3)21-22(6,7)15-11-13-19-14-12-18/h19H,10-15,18H2,1-9H3. The molecule has 0 aromatic rings. The first-order chi connectivity index (χ1) is 10.4. The maximum Gasteiger partial charge on any atom is 0.194 e. The van der Waals surface area contributed by atoms with Crippen molar-refractivity contribution in [1.29, 1.82) is 0 Å². The van der Waals surface area contributed by atoms with E-state index in [1.807, 2.05) is 7.11 Å². The van der Waals surface area contributed by atoms with E-state index in [0.717, 1.165) is 25.9 Å². The molecule has 0 rings (SSSR count). The van der Waals surface area contributed by atoms with E-state index < -0.39 is 16.6 Å². The van der Waals surface area contributed by atoms with Gasteiger partial charge in [0.1, 0.15) is 0 Å². The van der Waals surface area contributed by atoms with Crippen LogP contribution in [0.1, 0.15) is 40.5 Å². The van der Waals surface area contributed by atoms with Crippen LogP contribution in [0.4, 0.5) is 0 Å². The van der Waals surface area contributed by atoms with Gasteiger partial charge < -0.3 is 19.9 Å². The fourth-order valence-electron chi connectivity index (χ4n) is 3.52. The van der Waals surface area contributed by atoms with Crippen molar-refractivity contribution in [2.75, 3.05) is 26.7 Å². The molecule has 0 amide bonds. The Balaban J connectivity index is 4.92. The van der Waals surface area contributed by atoms with Crippen LogP contribution in [0.2, 0.25) is 37.3 Å². The monoisotopic (exact) mass is 362 g/mol. The van der Waals surface area contributed by atoms with Crippen LogP contribution in [0, 0.1) is 0 Å². The Morgan fingerprint density at radius 1 is 1.04 bits per heavy atom. The molecule has 0 aromatic carbocycles. The first-order valence-electron chi connectivity index (χ1n) is 9.05. The molecule has 0 saturated heterocycles. The number of rotatable bonds is 12. The zero-order valence-electron chi connectivity index (χ0n) is 17.1. The zero-order valence-corrected chi connectivity index (χ0v) is 19.1. The second-order valence-electron chi connectivity index (χ2n) is 8.41. The third-order valence-corrected chi connectivity index (χ3v) is 13.1. The molecule has 0 aliphatic carbocycles. The van der Waals surface area contributed by atoms with Crippen LogP contribution in [-0.2, 0) is 8.85 Å².